The number of esters is 1. The monoisotopic (exact) mass is 311 g/mol. The lowest BCUT2D eigenvalue weighted by molar-refractivity contribution is -0.149. The quantitative estimate of drug-likeness (QED) is 0.596. The largest absolute Gasteiger partial charge is 0.466 e. The van der Waals surface area contributed by atoms with Gasteiger partial charge in [0.15, 0.2) is 0 Å². The van der Waals surface area contributed by atoms with Crippen LogP contribution in [0.1, 0.15) is 19.8 Å². The lowest BCUT2D eigenvalue weighted by Gasteiger charge is -2.31. The zero-order valence-corrected chi connectivity index (χ0v) is 13.2. The average molecular weight is 311 g/mol. The molecule has 1 aromatic carbocycles. The molecule has 1 aliphatic rings. The van der Waals surface area contributed by atoms with Crippen LogP contribution in [0.3, 0.4) is 0 Å². The summed E-state index contributed by atoms with van der Waals surface area (Å²) in [7, 11) is 0. The van der Waals surface area contributed by atoms with Crippen LogP contribution in [0, 0.1) is 11.7 Å². The van der Waals surface area contributed by atoms with Crippen molar-refractivity contribution in [2.24, 2.45) is 5.92 Å². The molecule has 1 aliphatic heterocycles. The Kier molecular flexibility index (Phi) is 6.51. The summed E-state index contributed by atoms with van der Waals surface area (Å²) < 4.78 is 17.9. The maximum Gasteiger partial charge on any atom is 0.310 e. The third-order valence-corrected chi connectivity index (χ3v) is 4.61. The second-order valence-electron chi connectivity index (χ2n) is 5.19. The average Bonchev–Trinajstić information content (AvgIpc) is 2.50. The van der Waals surface area contributed by atoms with Gasteiger partial charge in [-0.1, -0.05) is 0 Å². The molecule has 1 fully saturated rings. The molecule has 1 saturated heterocycles. The van der Waals surface area contributed by atoms with E-state index in [4.69, 9.17) is 4.74 Å². The van der Waals surface area contributed by atoms with E-state index in [9.17, 15) is 9.18 Å². The summed E-state index contributed by atoms with van der Waals surface area (Å²) in [6.45, 7) is 5.08. The highest BCUT2D eigenvalue weighted by atomic mass is 32.2. The van der Waals surface area contributed by atoms with Gasteiger partial charge in [-0.3, -0.25) is 4.79 Å². The number of hydrogen-bond donors (Lipinski definition) is 0. The van der Waals surface area contributed by atoms with Crippen LogP contribution in [0.4, 0.5) is 4.39 Å². The topological polar surface area (TPSA) is 29.5 Å². The molecule has 3 nitrogen and oxygen atoms in total. The fraction of sp³-hybridized carbons (Fsp3) is 0.562. The molecule has 1 aromatic rings. The minimum absolute atomic E-state index is 0.0227. The van der Waals surface area contributed by atoms with Gasteiger partial charge in [-0.15, -0.1) is 11.8 Å². The van der Waals surface area contributed by atoms with Gasteiger partial charge in [-0.2, -0.15) is 0 Å². The fourth-order valence-electron chi connectivity index (χ4n) is 2.53. The molecule has 0 aliphatic carbocycles. The molecular weight excluding hydrogens is 289 g/mol. The fourth-order valence-corrected chi connectivity index (χ4v) is 3.45. The number of carbonyl (C=O) groups excluding carboxylic acids is 1. The first-order valence-corrected chi connectivity index (χ1v) is 8.45. The number of benzene rings is 1. The Balaban J connectivity index is 1.72. The number of thioether (sulfide) groups is 1. The van der Waals surface area contributed by atoms with Gasteiger partial charge in [-0.05, 0) is 50.6 Å². The standard InChI is InChI=1S/C16H22FNO2S/c1-2-20-16(19)13-4-3-9-18(12-13)10-11-21-15-7-5-14(17)6-8-15/h5-8,13H,2-4,9-12H2,1H3/t13-/m0/s1. The summed E-state index contributed by atoms with van der Waals surface area (Å²) in [5.41, 5.74) is 0. The molecule has 0 bridgehead atoms. The van der Waals surface area contributed by atoms with Crippen molar-refractivity contribution in [2.45, 2.75) is 24.7 Å². The van der Waals surface area contributed by atoms with Crippen molar-refractivity contribution in [3.63, 3.8) is 0 Å². The van der Waals surface area contributed by atoms with Crippen LogP contribution in [0.15, 0.2) is 29.2 Å². The summed E-state index contributed by atoms with van der Waals surface area (Å²) in [5.74, 6) is 0.705. The van der Waals surface area contributed by atoms with Gasteiger partial charge in [-0.25, -0.2) is 4.39 Å². The third-order valence-electron chi connectivity index (χ3n) is 3.62. The number of piperidine rings is 1. The van der Waals surface area contributed by atoms with Gasteiger partial charge < -0.3 is 9.64 Å². The number of hydrogen-bond acceptors (Lipinski definition) is 4. The molecule has 0 saturated carbocycles. The van der Waals surface area contributed by atoms with Crippen molar-refractivity contribution >= 4 is 17.7 Å². The SMILES string of the molecule is CCOC(=O)[C@H]1CCCN(CCSc2ccc(F)cc2)C1. The highest BCUT2D eigenvalue weighted by Crippen LogP contribution is 2.21. The van der Waals surface area contributed by atoms with Gasteiger partial charge in [0.25, 0.3) is 0 Å². The molecule has 116 valence electrons. The first kappa shape index (κ1) is 16.3. The van der Waals surface area contributed by atoms with Crippen LogP contribution in [0.5, 0.6) is 0 Å². The predicted molar refractivity (Wildman–Crippen MR) is 82.9 cm³/mol. The molecule has 1 atom stereocenters. The van der Waals surface area contributed by atoms with Gasteiger partial charge in [0.05, 0.1) is 12.5 Å². The Bertz CT molecular complexity index is 452. The van der Waals surface area contributed by atoms with Crippen molar-refractivity contribution in [1.29, 1.82) is 0 Å². The van der Waals surface area contributed by atoms with Crippen molar-refractivity contribution in [1.82, 2.24) is 4.90 Å². The Morgan fingerprint density at radius 2 is 2.19 bits per heavy atom. The molecule has 5 heteroatoms. The van der Waals surface area contributed by atoms with E-state index >= 15 is 0 Å². The first-order chi connectivity index (χ1) is 10.2. The Morgan fingerprint density at radius 1 is 1.43 bits per heavy atom. The van der Waals surface area contributed by atoms with E-state index in [2.05, 4.69) is 4.90 Å². The third kappa shape index (κ3) is 5.32. The van der Waals surface area contributed by atoms with E-state index in [1.807, 2.05) is 6.92 Å². The smallest absolute Gasteiger partial charge is 0.310 e. The summed E-state index contributed by atoms with van der Waals surface area (Å²) in [6, 6.07) is 6.58. The molecule has 0 amide bonds. The van der Waals surface area contributed by atoms with E-state index in [0.717, 1.165) is 43.1 Å². The van der Waals surface area contributed by atoms with Crippen LogP contribution in [-0.4, -0.2) is 42.9 Å². The van der Waals surface area contributed by atoms with Gasteiger partial charge >= 0.3 is 5.97 Å². The maximum absolute atomic E-state index is 12.8. The molecule has 1 heterocycles. The summed E-state index contributed by atoms with van der Waals surface area (Å²) in [6.07, 6.45) is 1.98. The van der Waals surface area contributed by atoms with Crippen LogP contribution in [-0.2, 0) is 9.53 Å². The molecular formula is C16H22FNO2S. The molecule has 21 heavy (non-hydrogen) atoms. The van der Waals surface area contributed by atoms with E-state index in [1.165, 1.54) is 12.1 Å². The number of carbonyl (C=O) groups is 1. The van der Waals surface area contributed by atoms with Crippen LogP contribution < -0.4 is 0 Å². The van der Waals surface area contributed by atoms with Crippen molar-refractivity contribution in [2.75, 3.05) is 32.0 Å². The Morgan fingerprint density at radius 3 is 2.90 bits per heavy atom. The zero-order valence-electron chi connectivity index (χ0n) is 12.4. The Hall–Kier alpha value is -1.07. The Labute approximate surface area is 129 Å². The highest BCUT2D eigenvalue weighted by molar-refractivity contribution is 7.99. The second kappa shape index (κ2) is 8.39. The number of likely N-dealkylation sites (tertiary alicyclic amines) is 1. The minimum atomic E-state index is -0.201. The lowest BCUT2D eigenvalue weighted by Crippen LogP contribution is -2.40. The van der Waals surface area contributed by atoms with E-state index in [-0.39, 0.29) is 17.7 Å². The lowest BCUT2D eigenvalue weighted by atomic mass is 9.98. The number of rotatable bonds is 6. The summed E-state index contributed by atoms with van der Waals surface area (Å²) in [5, 5.41) is 0. The predicted octanol–water partition coefficient (Wildman–Crippen LogP) is 3.19. The number of nitrogens with zero attached hydrogens (tertiary/aromatic N) is 1. The van der Waals surface area contributed by atoms with E-state index in [0.29, 0.717) is 6.61 Å². The van der Waals surface area contributed by atoms with E-state index < -0.39 is 0 Å². The van der Waals surface area contributed by atoms with Crippen LogP contribution >= 0.6 is 11.8 Å². The molecule has 0 spiro atoms. The van der Waals surface area contributed by atoms with Crippen LogP contribution in [0.2, 0.25) is 0 Å². The minimum Gasteiger partial charge on any atom is -0.466 e. The highest BCUT2D eigenvalue weighted by Gasteiger charge is 2.26. The molecule has 0 unspecified atom stereocenters. The zero-order chi connectivity index (χ0) is 15.1. The van der Waals surface area contributed by atoms with E-state index in [1.54, 1.807) is 23.9 Å². The second-order valence-corrected chi connectivity index (χ2v) is 6.36. The van der Waals surface area contributed by atoms with Crippen molar-refractivity contribution in [3.05, 3.63) is 30.1 Å². The normalized spacial score (nSPS) is 19.4. The summed E-state index contributed by atoms with van der Waals surface area (Å²) >= 11 is 1.72. The maximum atomic E-state index is 12.8. The first-order valence-electron chi connectivity index (χ1n) is 7.46. The van der Waals surface area contributed by atoms with Crippen LogP contribution in [0.25, 0.3) is 0 Å². The molecule has 0 N–H and O–H groups in total. The van der Waals surface area contributed by atoms with Gasteiger partial charge in [0.2, 0.25) is 0 Å². The molecule has 0 radical (unpaired) electrons. The van der Waals surface area contributed by atoms with Gasteiger partial charge in [0.1, 0.15) is 5.82 Å². The molecule has 2 rings (SSSR count). The summed E-state index contributed by atoms with van der Waals surface area (Å²) in [4.78, 5) is 15.2. The van der Waals surface area contributed by atoms with Crippen molar-refractivity contribution in [3.8, 4) is 0 Å². The van der Waals surface area contributed by atoms with Gasteiger partial charge in [0, 0.05) is 23.7 Å². The molecule has 0 aromatic heterocycles. The number of ether oxygens (including phenoxy) is 1. The van der Waals surface area contributed by atoms with Crippen molar-refractivity contribution < 1.29 is 13.9 Å². The number of halogens is 1.